The fraction of sp³-hybridized carbons (Fsp3) is 0.950. The van der Waals surface area contributed by atoms with Gasteiger partial charge in [-0.15, -0.1) is 0 Å². The molecular weight excluding hydrogens is 326 g/mol. The maximum absolute atomic E-state index is 5.19. The summed E-state index contributed by atoms with van der Waals surface area (Å²) in [6, 6.07) is 1.49. The predicted octanol–water partition coefficient (Wildman–Crippen LogP) is 1.53. The van der Waals surface area contributed by atoms with Crippen LogP contribution in [0.3, 0.4) is 0 Å². The molecule has 0 aromatic carbocycles. The van der Waals surface area contributed by atoms with Crippen molar-refractivity contribution >= 4 is 5.96 Å². The highest BCUT2D eigenvalue weighted by molar-refractivity contribution is 5.80. The van der Waals surface area contributed by atoms with E-state index < -0.39 is 0 Å². The summed E-state index contributed by atoms with van der Waals surface area (Å²) in [5.74, 6) is 1.75. The molecule has 0 unspecified atom stereocenters. The molecule has 2 heterocycles. The van der Waals surface area contributed by atoms with Crippen LogP contribution in [0.25, 0.3) is 0 Å². The molecule has 0 spiro atoms. The van der Waals surface area contributed by atoms with E-state index >= 15 is 0 Å². The van der Waals surface area contributed by atoms with Gasteiger partial charge in [0.2, 0.25) is 0 Å². The van der Waals surface area contributed by atoms with Crippen molar-refractivity contribution in [2.75, 3.05) is 59.5 Å². The van der Waals surface area contributed by atoms with E-state index in [4.69, 9.17) is 9.73 Å². The predicted molar refractivity (Wildman–Crippen MR) is 108 cm³/mol. The van der Waals surface area contributed by atoms with E-state index in [1.807, 2.05) is 0 Å². The molecule has 1 aliphatic carbocycles. The first-order valence-electron chi connectivity index (χ1n) is 10.8. The number of nitrogens with one attached hydrogen (secondary N) is 2. The zero-order chi connectivity index (χ0) is 18.2. The highest BCUT2D eigenvalue weighted by atomic mass is 16.5. The molecule has 150 valence electrons. The molecule has 26 heavy (non-hydrogen) atoms. The van der Waals surface area contributed by atoms with Crippen LogP contribution >= 0.6 is 0 Å². The van der Waals surface area contributed by atoms with Gasteiger partial charge in [-0.05, 0) is 64.5 Å². The van der Waals surface area contributed by atoms with Crippen LogP contribution in [-0.2, 0) is 4.74 Å². The van der Waals surface area contributed by atoms with Gasteiger partial charge < -0.3 is 25.2 Å². The van der Waals surface area contributed by atoms with Crippen LogP contribution in [0.1, 0.15) is 45.4 Å². The van der Waals surface area contributed by atoms with Gasteiger partial charge in [-0.3, -0.25) is 4.99 Å². The Bertz CT molecular complexity index is 424. The summed E-state index contributed by atoms with van der Waals surface area (Å²) >= 11 is 0. The number of methoxy groups -OCH3 is 1. The third-order valence-electron chi connectivity index (χ3n) is 6.10. The summed E-state index contributed by atoms with van der Waals surface area (Å²) in [4.78, 5) is 10.1. The summed E-state index contributed by atoms with van der Waals surface area (Å²) in [6.45, 7) is 10.8. The number of rotatable bonds is 8. The van der Waals surface area contributed by atoms with Gasteiger partial charge in [-0.25, -0.2) is 0 Å². The van der Waals surface area contributed by atoms with Gasteiger partial charge >= 0.3 is 0 Å². The number of hydrogen-bond donors (Lipinski definition) is 2. The Balaban J connectivity index is 1.38. The lowest BCUT2D eigenvalue weighted by molar-refractivity contribution is 0.121. The monoisotopic (exact) mass is 365 g/mol. The summed E-state index contributed by atoms with van der Waals surface area (Å²) in [6.07, 6.45) is 7.86. The van der Waals surface area contributed by atoms with Gasteiger partial charge in [-0.1, -0.05) is 0 Å². The highest BCUT2D eigenvalue weighted by Crippen LogP contribution is 2.29. The van der Waals surface area contributed by atoms with Gasteiger partial charge in [-0.2, -0.15) is 0 Å². The smallest absolute Gasteiger partial charge is 0.191 e. The normalized spacial score (nSPS) is 24.8. The molecule has 0 bridgehead atoms. The highest BCUT2D eigenvalue weighted by Gasteiger charge is 2.31. The molecule has 3 rings (SSSR count). The van der Waals surface area contributed by atoms with E-state index in [1.165, 1.54) is 64.7 Å². The standard InChI is InChI=1S/C20H39N5O/c1-3-21-20(23-18-8-12-25(13-9-18)19-4-5-19)22-16-17-6-10-24(11-7-17)14-15-26-2/h17-19H,3-16H2,1-2H3,(H2,21,22,23). The third-order valence-corrected chi connectivity index (χ3v) is 6.10. The average molecular weight is 366 g/mol. The van der Waals surface area contributed by atoms with Crippen LogP contribution in [0.2, 0.25) is 0 Å². The molecule has 0 amide bonds. The topological polar surface area (TPSA) is 52.1 Å². The number of nitrogens with zero attached hydrogens (tertiary/aromatic N) is 3. The van der Waals surface area contributed by atoms with E-state index in [0.717, 1.165) is 44.2 Å². The van der Waals surface area contributed by atoms with Gasteiger partial charge in [0, 0.05) is 51.9 Å². The van der Waals surface area contributed by atoms with Crippen molar-refractivity contribution in [3.8, 4) is 0 Å². The molecule has 3 aliphatic rings. The van der Waals surface area contributed by atoms with Gasteiger partial charge in [0.25, 0.3) is 0 Å². The molecule has 0 aromatic heterocycles. The molecule has 6 heteroatoms. The first-order valence-corrected chi connectivity index (χ1v) is 10.8. The van der Waals surface area contributed by atoms with E-state index in [-0.39, 0.29) is 0 Å². The second-order valence-corrected chi connectivity index (χ2v) is 8.18. The molecule has 0 aromatic rings. The summed E-state index contributed by atoms with van der Waals surface area (Å²) in [5, 5.41) is 7.15. The fourth-order valence-electron chi connectivity index (χ4n) is 4.20. The Morgan fingerprint density at radius 2 is 1.77 bits per heavy atom. The molecule has 0 atom stereocenters. The number of piperidine rings is 2. The van der Waals surface area contributed by atoms with Crippen LogP contribution in [-0.4, -0.2) is 87.4 Å². The van der Waals surface area contributed by atoms with Gasteiger partial charge in [0.15, 0.2) is 5.96 Å². The number of aliphatic imine (C=N–C) groups is 1. The molecule has 6 nitrogen and oxygen atoms in total. The minimum absolute atomic E-state index is 0.582. The zero-order valence-corrected chi connectivity index (χ0v) is 16.9. The molecule has 2 N–H and O–H groups in total. The summed E-state index contributed by atoms with van der Waals surface area (Å²) < 4.78 is 5.19. The van der Waals surface area contributed by atoms with Crippen LogP contribution in [0.4, 0.5) is 0 Å². The van der Waals surface area contributed by atoms with Crippen LogP contribution in [0.5, 0.6) is 0 Å². The lowest BCUT2D eigenvalue weighted by Gasteiger charge is -2.33. The summed E-state index contributed by atoms with van der Waals surface area (Å²) in [7, 11) is 1.78. The van der Waals surface area contributed by atoms with Crippen molar-refractivity contribution in [2.45, 2.75) is 57.5 Å². The molecular formula is C20H39N5O. The quantitative estimate of drug-likeness (QED) is 0.505. The van der Waals surface area contributed by atoms with Crippen molar-refractivity contribution in [2.24, 2.45) is 10.9 Å². The van der Waals surface area contributed by atoms with Crippen molar-refractivity contribution in [3.05, 3.63) is 0 Å². The number of ether oxygens (including phenoxy) is 1. The Morgan fingerprint density at radius 3 is 2.38 bits per heavy atom. The first kappa shape index (κ1) is 19.9. The fourth-order valence-corrected chi connectivity index (χ4v) is 4.20. The molecule has 2 aliphatic heterocycles. The van der Waals surface area contributed by atoms with Crippen LogP contribution in [0, 0.1) is 5.92 Å². The Hall–Kier alpha value is -0.850. The van der Waals surface area contributed by atoms with E-state index in [9.17, 15) is 0 Å². The molecule has 1 saturated carbocycles. The van der Waals surface area contributed by atoms with Crippen molar-refractivity contribution in [3.63, 3.8) is 0 Å². The van der Waals surface area contributed by atoms with E-state index in [2.05, 4.69) is 27.4 Å². The van der Waals surface area contributed by atoms with Gasteiger partial charge in [0.05, 0.1) is 6.61 Å². The Labute approximate surface area is 159 Å². The maximum atomic E-state index is 5.19. The molecule has 2 saturated heterocycles. The average Bonchev–Trinajstić information content (AvgIpc) is 3.51. The maximum Gasteiger partial charge on any atom is 0.191 e. The number of guanidine groups is 1. The Kier molecular flexibility index (Phi) is 8.02. The van der Waals surface area contributed by atoms with E-state index in [1.54, 1.807) is 7.11 Å². The van der Waals surface area contributed by atoms with Crippen molar-refractivity contribution in [1.82, 2.24) is 20.4 Å². The van der Waals surface area contributed by atoms with Crippen LogP contribution < -0.4 is 10.6 Å². The third kappa shape index (κ3) is 6.39. The lowest BCUT2D eigenvalue weighted by Crippen LogP contribution is -2.49. The van der Waals surface area contributed by atoms with Crippen molar-refractivity contribution < 1.29 is 4.74 Å². The minimum Gasteiger partial charge on any atom is -0.383 e. The van der Waals surface area contributed by atoms with Gasteiger partial charge in [0.1, 0.15) is 0 Å². The zero-order valence-electron chi connectivity index (χ0n) is 16.9. The number of hydrogen-bond acceptors (Lipinski definition) is 4. The van der Waals surface area contributed by atoms with E-state index in [0.29, 0.717) is 6.04 Å². The number of likely N-dealkylation sites (tertiary alicyclic amines) is 2. The van der Waals surface area contributed by atoms with Crippen LogP contribution in [0.15, 0.2) is 4.99 Å². The summed E-state index contributed by atoms with van der Waals surface area (Å²) in [5.41, 5.74) is 0. The second-order valence-electron chi connectivity index (χ2n) is 8.18. The first-order chi connectivity index (χ1) is 12.8. The Morgan fingerprint density at radius 1 is 1.04 bits per heavy atom. The largest absolute Gasteiger partial charge is 0.383 e. The SMILES string of the molecule is CCNC(=NCC1CCN(CCOC)CC1)NC1CCN(C2CC2)CC1. The second kappa shape index (κ2) is 10.5. The lowest BCUT2D eigenvalue weighted by atomic mass is 9.97. The molecule has 3 fully saturated rings. The minimum atomic E-state index is 0.582. The molecule has 0 radical (unpaired) electrons. The van der Waals surface area contributed by atoms with Crippen molar-refractivity contribution in [1.29, 1.82) is 0 Å².